The van der Waals surface area contributed by atoms with Crippen LogP contribution in [0.2, 0.25) is 0 Å². The molecule has 0 aliphatic rings. The van der Waals surface area contributed by atoms with Crippen LogP contribution in [0.1, 0.15) is 32.8 Å². The van der Waals surface area contributed by atoms with E-state index in [1.807, 2.05) is 18.7 Å². The van der Waals surface area contributed by atoms with E-state index in [1.165, 1.54) is 32.2 Å². The third-order valence-electron chi connectivity index (χ3n) is 7.73. The van der Waals surface area contributed by atoms with Gasteiger partial charge in [-0.25, -0.2) is 0 Å². The average Bonchev–Trinajstić information content (AvgIpc) is 3.12. The van der Waals surface area contributed by atoms with Crippen molar-refractivity contribution in [2.24, 2.45) is 10.2 Å². The van der Waals surface area contributed by atoms with Gasteiger partial charge in [0.15, 0.2) is 5.69 Å². The van der Waals surface area contributed by atoms with Crippen molar-refractivity contribution >= 4 is 73.0 Å². The molecule has 0 spiro atoms. The fraction of sp³-hybridized carbons (Fsp3) is 0.219. The van der Waals surface area contributed by atoms with E-state index in [9.17, 15) is 57.6 Å². The van der Waals surface area contributed by atoms with E-state index in [0.29, 0.717) is 23.4 Å². The molecule has 4 aromatic rings. The van der Waals surface area contributed by atoms with Crippen LogP contribution in [-0.4, -0.2) is 47.2 Å². The molecule has 4 aromatic carbocycles. The first-order valence-corrected chi connectivity index (χ1v) is 17.0. The molecule has 0 aromatic heterocycles. The van der Waals surface area contributed by atoms with E-state index in [1.54, 1.807) is 6.92 Å². The summed E-state index contributed by atoms with van der Waals surface area (Å²) in [4.78, 5) is 53.6. The zero-order chi connectivity index (χ0) is 41.4. The lowest BCUT2D eigenvalue weighted by Crippen LogP contribution is -2.29. The van der Waals surface area contributed by atoms with Crippen molar-refractivity contribution in [2.75, 3.05) is 23.1 Å². The molecule has 23 heteroatoms. The maximum Gasteiger partial charge on any atom is 0.332 e. The van der Waals surface area contributed by atoms with Crippen molar-refractivity contribution in [1.82, 2.24) is 0 Å². The van der Waals surface area contributed by atoms with Gasteiger partial charge in [0.1, 0.15) is 17.1 Å². The number of nitrogen functional groups attached to an aromatic ring is 1. The van der Waals surface area contributed by atoms with Gasteiger partial charge in [-0.3, -0.25) is 45.3 Å². The van der Waals surface area contributed by atoms with Crippen LogP contribution < -0.4 is 20.7 Å². The summed E-state index contributed by atoms with van der Waals surface area (Å²) >= 11 is 0. The number of nitrogens with one attached hydrogen (secondary N) is 1. The number of carbonyl (C=O) groups excluding carboxylic acids is 1. The summed E-state index contributed by atoms with van der Waals surface area (Å²) in [5.41, 5.74) is 4.65. The maximum absolute atomic E-state index is 13.5. The zero-order valence-electron chi connectivity index (χ0n) is 29.5. The van der Waals surface area contributed by atoms with Gasteiger partial charge in [-0.05, 0) is 56.7 Å². The fourth-order valence-corrected chi connectivity index (χ4v) is 5.41. The summed E-state index contributed by atoms with van der Waals surface area (Å²) in [7, 11) is -3.52. The number of hydrogen-bond donors (Lipinski definition) is 2. The number of azo groups is 1. The fourth-order valence-electron chi connectivity index (χ4n) is 4.95. The monoisotopic (exact) mass is 785 g/mol. The third kappa shape index (κ3) is 10.2. The third-order valence-corrected chi connectivity index (χ3v) is 8.57. The van der Waals surface area contributed by atoms with E-state index in [4.69, 9.17) is 10.5 Å². The molecule has 0 fully saturated rings. The van der Waals surface area contributed by atoms with Crippen LogP contribution in [-0.2, 0) is 15.0 Å². The Hall–Kier alpha value is -7.17. The molecule has 0 radical (unpaired) electrons. The predicted molar refractivity (Wildman–Crippen MR) is 197 cm³/mol. The Balaban J connectivity index is 0.000000526. The molecule has 0 saturated heterocycles. The number of hydrogen-bond acceptors (Lipinski definition) is 16. The Morgan fingerprint density at radius 2 is 1.40 bits per heavy atom. The Labute approximate surface area is 311 Å². The first-order chi connectivity index (χ1) is 25.7. The number of nitro groups is 4. The van der Waals surface area contributed by atoms with Crippen molar-refractivity contribution in [3.8, 4) is 5.75 Å². The Morgan fingerprint density at radius 3 is 1.87 bits per heavy atom. The van der Waals surface area contributed by atoms with Gasteiger partial charge >= 0.3 is 15.9 Å². The minimum absolute atomic E-state index is 0.0684. The molecule has 0 aliphatic heterocycles. The molecule has 290 valence electrons. The Kier molecular flexibility index (Phi) is 13.5. The summed E-state index contributed by atoms with van der Waals surface area (Å²) in [6, 6.07) is 12.4. The number of methoxy groups -OCH3 is 1. The number of nitrogens with two attached hydrogens (primary N) is 1. The van der Waals surface area contributed by atoms with E-state index in [-0.39, 0.29) is 40.2 Å². The second-order valence-corrected chi connectivity index (χ2v) is 12.7. The van der Waals surface area contributed by atoms with Crippen LogP contribution in [0, 0.1) is 47.4 Å². The SMILES string of the molecule is CCC(C)N(c1ccc(S(=O)(=O)F)cc1)c1c(OC)cc(N=Nc2ccc([N+](=O)[O-])cc2[N+](=O)[O-])c(NC(C)=O)c1C.Nc1ccc([N+](=O)[O-])cc1[N+](=O)[O-]. The number of amides is 1. The highest BCUT2D eigenvalue weighted by molar-refractivity contribution is 7.86. The predicted octanol–water partition coefficient (Wildman–Crippen LogP) is 7.87. The minimum atomic E-state index is -4.92. The van der Waals surface area contributed by atoms with Crippen LogP contribution >= 0.6 is 0 Å². The first kappa shape index (κ1) is 42.2. The quantitative estimate of drug-likeness (QED) is 0.0428. The van der Waals surface area contributed by atoms with Crippen LogP contribution in [0.5, 0.6) is 5.75 Å². The second-order valence-electron chi connectivity index (χ2n) is 11.3. The first-order valence-electron chi connectivity index (χ1n) is 15.6. The highest BCUT2D eigenvalue weighted by Gasteiger charge is 2.27. The molecule has 1 amide bonds. The molecule has 1 atom stereocenters. The smallest absolute Gasteiger partial charge is 0.332 e. The average molecular weight is 786 g/mol. The van der Waals surface area contributed by atoms with Crippen LogP contribution in [0.15, 0.2) is 81.9 Å². The molecule has 0 aliphatic carbocycles. The van der Waals surface area contributed by atoms with Gasteiger partial charge in [0.25, 0.3) is 17.1 Å². The lowest BCUT2D eigenvalue weighted by atomic mass is 10.0. The number of non-ortho nitro benzene ring substituents is 2. The summed E-state index contributed by atoms with van der Waals surface area (Å²) in [6.07, 6.45) is 0.618. The summed E-state index contributed by atoms with van der Waals surface area (Å²) < 4.78 is 41.9. The molecule has 0 bridgehead atoms. The van der Waals surface area contributed by atoms with Gasteiger partial charge in [0.2, 0.25) is 5.91 Å². The number of halogens is 1. The second kappa shape index (κ2) is 17.6. The van der Waals surface area contributed by atoms with Gasteiger partial charge in [0.05, 0.1) is 55.2 Å². The standard InChI is InChI=1S/C26H27FN6O8S.C6H5N3O4/c1-6-15(2)31(18-7-10-20(11-8-18)42(27,39)40)26-16(3)25(28-17(4)34)22(14-24(26)41-5)30-29-21-12-9-19(32(35)36)13-23(21)33(37)38;7-5-2-1-4(8(10)11)3-6(5)9(12)13/h7-15H,6H2,1-5H3,(H,28,34);1-3H,7H2. The molecule has 21 nitrogen and oxygen atoms in total. The van der Waals surface area contributed by atoms with Crippen LogP contribution in [0.25, 0.3) is 0 Å². The van der Waals surface area contributed by atoms with Crippen LogP contribution in [0.4, 0.5) is 60.8 Å². The molecule has 0 saturated carbocycles. The maximum atomic E-state index is 13.5. The lowest BCUT2D eigenvalue weighted by Gasteiger charge is -2.34. The van der Waals surface area contributed by atoms with Gasteiger partial charge in [0, 0.05) is 42.4 Å². The number of nitrogens with zero attached hydrogens (tertiary/aromatic N) is 7. The molecule has 0 heterocycles. The number of nitro benzene ring substituents is 4. The van der Waals surface area contributed by atoms with Crippen molar-refractivity contribution in [2.45, 2.75) is 45.1 Å². The summed E-state index contributed by atoms with van der Waals surface area (Å²) in [6.45, 7) is 6.77. The molecule has 1 unspecified atom stereocenters. The summed E-state index contributed by atoms with van der Waals surface area (Å²) in [5, 5.41) is 53.9. The largest absolute Gasteiger partial charge is 0.494 e. The van der Waals surface area contributed by atoms with Gasteiger partial charge in [-0.2, -0.15) is 8.42 Å². The molecule has 3 N–H and O–H groups in total. The van der Waals surface area contributed by atoms with Crippen LogP contribution in [0.3, 0.4) is 0 Å². The normalized spacial score (nSPS) is 11.5. The highest BCUT2D eigenvalue weighted by Crippen LogP contribution is 2.47. The summed E-state index contributed by atoms with van der Waals surface area (Å²) in [5.74, 6) is -0.198. The molecular weight excluding hydrogens is 753 g/mol. The Morgan fingerprint density at radius 1 is 0.873 bits per heavy atom. The van der Waals surface area contributed by atoms with E-state index in [2.05, 4.69) is 15.5 Å². The molecular formula is C32H32FN9O12S. The number of anilines is 4. The van der Waals surface area contributed by atoms with Crippen molar-refractivity contribution < 1.29 is 41.5 Å². The zero-order valence-corrected chi connectivity index (χ0v) is 30.3. The highest BCUT2D eigenvalue weighted by atomic mass is 32.3. The van der Waals surface area contributed by atoms with Crippen molar-refractivity contribution in [3.63, 3.8) is 0 Å². The van der Waals surface area contributed by atoms with E-state index in [0.717, 1.165) is 48.5 Å². The van der Waals surface area contributed by atoms with Crippen molar-refractivity contribution in [3.05, 3.63) is 113 Å². The molecule has 55 heavy (non-hydrogen) atoms. The number of ether oxygens (including phenoxy) is 1. The minimum Gasteiger partial charge on any atom is -0.494 e. The van der Waals surface area contributed by atoms with E-state index < -0.39 is 57.8 Å². The Bertz CT molecular complexity index is 2310. The number of carbonyl (C=O) groups is 1. The van der Waals surface area contributed by atoms with Crippen molar-refractivity contribution in [1.29, 1.82) is 0 Å². The van der Waals surface area contributed by atoms with Gasteiger partial charge in [-0.1, -0.05) is 6.92 Å². The lowest BCUT2D eigenvalue weighted by molar-refractivity contribution is -0.393. The number of rotatable bonds is 13. The topological polar surface area (TPSA) is 299 Å². The number of benzene rings is 4. The van der Waals surface area contributed by atoms with Gasteiger partial charge < -0.3 is 20.7 Å². The molecule has 4 rings (SSSR count). The van der Waals surface area contributed by atoms with E-state index >= 15 is 0 Å². The van der Waals surface area contributed by atoms with Gasteiger partial charge in [-0.15, -0.1) is 14.1 Å².